The maximum atomic E-state index is 4.66. The van der Waals surface area contributed by atoms with E-state index in [1.807, 2.05) is 0 Å². The Kier molecular flexibility index (Phi) is 13.3. The highest BCUT2D eigenvalue weighted by atomic mass is 15.2. The van der Waals surface area contributed by atoms with E-state index in [9.17, 15) is 0 Å². The van der Waals surface area contributed by atoms with E-state index in [1.54, 1.807) is 0 Å². The molecule has 0 aliphatic heterocycles. The van der Waals surface area contributed by atoms with Gasteiger partial charge < -0.3 is 20.4 Å². The van der Waals surface area contributed by atoms with Crippen molar-refractivity contribution in [2.24, 2.45) is 4.99 Å². The molecule has 0 heterocycles. The molecular formula is C17H39N5. The van der Waals surface area contributed by atoms with E-state index < -0.39 is 0 Å². The summed E-state index contributed by atoms with van der Waals surface area (Å²) in [4.78, 5) is 9.42. The van der Waals surface area contributed by atoms with Crippen LogP contribution in [0, 0.1) is 0 Å². The van der Waals surface area contributed by atoms with Crippen molar-refractivity contribution in [3.8, 4) is 0 Å². The maximum absolute atomic E-state index is 4.66. The summed E-state index contributed by atoms with van der Waals surface area (Å²) < 4.78 is 0. The zero-order valence-electron chi connectivity index (χ0n) is 15.8. The molecule has 0 aromatic heterocycles. The van der Waals surface area contributed by atoms with Crippen molar-refractivity contribution >= 4 is 5.96 Å². The molecule has 5 heteroatoms. The van der Waals surface area contributed by atoms with Gasteiger partial charge in [-0.2, -0.15) is 0 Å². The summed E-state index contributed by atoms with van der Waals surface area (Å²) in [6, 6.07) is 0.456. The number of nitrogens with zero attached hydrogens (tertiary/aromatic N) is 3. The van der Waals surface area contributed by atoms with Crippen LogP contribution >= 0.6 is 0 Å². The fraction of sp³-hybridized carbons (Fsp3) is 0.941. The van der Waals surface area contributed by atoms with Crippen molar-refractivity contribution in [1.82, 2.24) is 20.4 Å². The van der Waals surface area contributed by atoms with Crippen LogP contribution in [0.3, 0.4) is 0 Å². The topological polar surface area (TPSA) is 42.9 Å². The highest BCUT2D eigenvalue weighted by Crippen LogP contribution is 1.99. The van der Waals surface area contributed by atoms with E-state index >= 15 is 0 Å². The fourth-order valence-electron chi connectivity index (χ4n) is 2.28. The summed E-state index contributed by atoms with van der Waals surface area (Å²) in [5.41, 5.74) is 0. The average Bonchev–Trinajstić information content (AvgIpc) is 2.51. The molecule has 0 aliphatic rings. The normalized spacial score (nSPS) is 13.7. The van der Waals surface area contributed by atoms with Crippen molar-refractivity contribution < 1.29 is 0 Å². The molecule has 0 rings (SSSR count). The van der Waals surface area contributed by atoms with E-state index in [0.717, 1.165) is 45.2 Å². The lowest BCUT2D eigenvalue weighted by atomic mass is 10.2. The van der Waals surface area contributed by atoms with E-state index in [4.69, 9.17) is 0 Å². The smallest absolute Gasteiger partial charge is 0.191 e. The summed E-state index contributed by atoms with van der Waals surface area (Å²) in [5.74, 6) is 0.947. The summed E-state index contributed by atoms with van der Waals surface area (Å²) in [7, 11) is 2.13. The van der Waals surface area contributed by atoms with Crippen LogP contribution in [0.2, 0.25) is 0 Å². The fourth-order valence-corrected chi connectivity index (χ4v) is 2.28. The van der Waals surface area contributed by atoms with Gasteiger partial charge in [0.05, 0.1) is 6.54 Å². The highest BCUT2D eigenvalue weighted by molar-refractivity contribution is 5.80. The van der Waals surface area contributed by atoms with E-state index in [1.165, 1.54) is 19.4 Å². The summed E-state index contributed by atoms with van der Waals surface area (Å²) in [6.45, 7) is 18.3. The van der Waals surface area contributed by atoms with Crippen molar-refractivity contribution in [3.05, 3.63) is 0 Å². The van der Waals surface area contributed by atoms with Crippen LogP contribution in [-0.4, -0.2) is 74.7 Å². The minimum Gasteiger partial charge on any atom is -0.357 e. The minimum atomic E-state index is 0.456. The standard InChI is InChI=1S/C17H39N5/c1-7-18-17(19-13-15-21(6)8-2)20-16(5)12-11-14-22(9-3)10-4/h16H,7-15H2,1-6H3,(H2,18,19,20). The van der Waals surface area contributed by atoms with Gasteiger partial charge in [-0.1, -0.05) is 20.8 Å². The van der Waals surface area contributed by atoms with Gasteiger partial charge in [0.2, 0.25) is 0 Å². The number of nitrogens with one attached hydrogen (secondary N) is 2. The molecule has 0 spiro atoms. The first-order chi connectivity index (χ1) is 10.6. The first-order valence-electron chi connectivity index (χ1n) is 9.02. The number of hydrogen-bond donors (Lipinski definition) is 2. The molecule has 1 atom stereocenters. The van der Waals surface area contributed by atoms with E-state index in [0.29, 0.717) is 6.04 Å². The van der Waals surface area contributed by atoms with Crippen LogP contribution in [-0.2, 0) is 0 Å². The summed E-state index contributed by atoms with van der Waals surface area (Å²) >= 11 is 0. The van der Waals surface area contributed by atoms with Gasteiger partial charge in [0, 0.05) is 19.1 Å². The molecular weight excluding hydrogens is 274 g/mol. The third-order valence-electron chi connectivity index (χ3n) is 4.02. The molecule has 0 aromatic carbocycles. The third kappa shape index (κ3) is 10.9. The average molecular weight is 314 g/mol. The van der Waals surface area contributed by atoms with Gasteiger partial charge in [-0.15, -0.1) is 0 Å². The van der Waals surface area contributed by atoms with Crippen molar-refractivity contribution in [1.29, 1.82) is 0 Å². The molecule has 2 N–H and O–H groups in total. The molecule has 0 fully saturated rings. The lowest BCUT2D eigenvalue weighted by Gasteiger charge is -2.21. The van der Waals surface area contributed by atoms with Crippen molar-refractivity contribution in [2.45, 2.75) is 53.5 Å². The second-order valence-electron chi connectivity index (χ2n) is 5.87. The van der Waals surface area contributed by atoms with Crippen LogP contribution in [0.1, 0.15) is 47.5 Å². The summed E-state index contributed by atoms with van der Waals surface area (Å²) in [5, 5.41) is 6.86. The van der Waals surface area contributed by atoms with Crippen molar-refractivity contribution in [3.63, 3.8) is 0 Å². The highest BCUT2D eigenvalue weighted by Gasteiger charge is 2.06. The minimum absolute atomic E-state index is 0.456. The molecule has 22 heavy (non-hydrogen) atoms. The largest absolute Gasteiger partial charge is 0.357 e. The SMILES string of the molecule is CCNC(=NCCN(C)CC)NC(C)CCCN(CC)CC. The van der Waals surface area contributed by atoms with E-state index in [2.05, 4.69) is 67.1 Å². The lowest BCUT2D eigenvalue weighted by molar-refractivity contribution is 0.292. The Morgan fingerprint density at radius 3 is 2.27 bits per heavy atom. The molecule has 0 saturated carbocycles. The molecule has 1 unspecified atom stereocenters. The molecule has 0 saturated heterocycles. The van der Waals surface area contributed by atoms with Gasteiger partial charge in [-0.25, -0.2) is 0 Å². The number of hydrogen-bond acceptors (Lipinski definition) is 3. The molecule has 0 amide bonds. The molecule has 0 aliphatic carbocycles. The lowest BCUT2D eigenvalue weighted by Crippen LogP contribution is -2.43. The second-order valence-corrected chi connectivity index (χ2v) is 5.87. The second kappa shape index (κ2) is 13.8. The Hall–Kier alpha value is -0.810. The zero-order valence-corrected chi connectivity index (χ0v) is 15.8. The predicted octanol–water partition coefficient (Wildman–Crippen LogP) is 2.00. The van der Waals surface area contributed by atoms with Gasteiger partial charge in [-0.3, -0.25) is 4.99 Å². The van der Waals surface area contributed by atoms with Crippen LogP contribution in [0.25, 0.3) is 0 Å². The number of aliphatic imine (C=N–C) groups is 1. The molecule has 0 aromatic rings. The molecule has 132 valence electrons. The van der Waals surface area contributed by atoms with Gasteiger partial charge in [0.25, 0.3) is 0 Å². The molecule has 5 nitrogen and oxygen atoms in total. The number of likely N-dealkylation sites (N-methyl/N-ethyl adjacent to an activating group) is 1. The molecule has 0 radical (unpaired) electrons. The maximum Gasteiger partial charge on any atom is 0.191 e. The third-order valence-corrected chi connectivity index (χ3v) is 4.02. The Bertz CT molecular complexity index is 276. The van der Waals surface area contributed by atoms with Crippen LogP contribution in [0.15, 0.2) is 4.99 Å². The van der Waals surface area contributed by atoms with Crippen LogP contribution in [0.5, 0.6) is 0 Å². The summed E-state index contributed by atoms with van der Waals surface area (Å²) in [6.07, 6.45) is 2.41. The zero-order chi connectivity index (χ0) is 16.8. The van der Waals surface area contributed by atoms with Gasteiger partial charge in [-0.05, 0) is 59.9 Å². The van der Waals surface area contributed by atoms with Gasteiger partial charge in [0.15, 0.2) is 5.96 Å². The Morgan fingerprint density at radius 2 is 1.73 bits per heavy atom. The number of rotatable bonds is 12. The van der Waals surface area contributed by atoms with Crippen LogP contribution < -0.4 is 10.6 Å². The first kappa shape index (κ1) is 21.2. The van der Waals surface area contributed by atoms with Gasteiger partial charge >= 0.3 is 0 Å². The van der Waals surface area contributed by atoms with E-state index in [-0.39, 0.29) is 0 Å². The van der Waals surface area contributed by atoms with Crippen LogP contribution in [0.4, 0.5) is 0 Å². The van der Waals surface area contributed by atoms with Crippen molar-refractivity contribution in [2.75, 3.05) is 52.9 Å². The Balaban J connectivity index is 4.11. The Labute approximate surface area is 138 Å². The first-order valence-corrected chi connectivity index (χ1v) is 9.02. The van der Waals surface area contributed by atoms with Gasteiger partial charge in [0.1, 0.15) is 0 Å². The Morgan fingerprint density at radius 1 is 1.05 bits per heavy atom. The quantitative estimate of drug-likeness (QED) is 0.427. The monoisotopic (exact) mass is 313 g/mol. The predicted molar refractivity (Wildman–Crippen MR) is 98.8 cm³/mol. The molecule has 0 bridgehead atoms. The number of guanidine groups is 1.